The Morgan fingerprint density at radius 2 is 1.92 bits per heavy atom. The third-order valence-electron chi connectivity index (χ3n) is 2.16. The smallest absolute Gasteiger partial charge is 0.0577 e. The molecule has 0 radical (unpaired) electrons. The molecule has 0 aliphatic rings. The average molecular weight is 168 g/mol. The first-order chi connectivity index (χ1) is 5.50. The predicted molar refractivity (Wildman–Crippen MR) is 54.1 cm³/mol. The Morgan fingerprint density at radius 1 is 1.33 bits per heavy atom. The van der Waals surface area contributed by atoms with Crippen LogP contribution in [0, 0.1) is 11.8 Å². The van der Waals surface area contributed by atoms with Crippen LogP contribution in [0.25, 0.3) is 0 Å². The molecule has 0 spiro atoms. The lowest BCUT2D eigenvalue weighted by atomic mass is 10.0. The Kier molecular flexibility index (Phi) is 4.96. The van der Waals surface area contributed by atoms with Crippen LogP contribution < -0.4 is 5.32 Å². The lowest BCUT2D eigenvalue weighted by Crippen LogP contribution is -2.46. The second kappa shape index (κ2) is 5.18. The Balaban J connectivity index is 3.66. The van der Waals surface area contributed by atoms with Crippen LogP contribution in [0.3, 0.4) is 0 Å². The van der Waals surface area contributed by atoms with Crippen molar-refractivity contribution in [2.45, 2.75) is 26.3 Å². The summed E-state index contributed by atoms with van der Waals surface area (Å²) in [5, 5.41) is 3.29. The van der Waals surface area contributed by atoms with E-state index in [4.69, 9.17) is 0 Å². The molecular formula is C10H20N2. The summed E-state index contributed by atoms with van der Waals surface area (Å²) in [6.07, 6.45) is 0. The molecule has 0 aliphatic heterocycles. The highest BCUT2D eigenvalue weighted by molar-refractivity contribution is 4.97. The summed E-state index contributed by atoms with van der Waals surface area (Å²) < 4.78 is 0. The van der Waals surface area contributed by atoms with Gasteiger partial charge in [-0.3, -0.25) is 0 Å². The molecule has 0 rings (SSSR count). The van der Waals surface area contributed by atoms with E-state index in [9.17, 15) is 0 Å². The number of nitrogens with zero attached hydrogens (tertiary/aromatic N) is 1. The zero-order chi connectivity index (χ0) is 9.61. The number of hydrogen-bond acceptors (Lipinski definition) is 2. The van der Waals surface area contributed by atoms with Gasteiger partial charge in [0, 0.05) is 12.1 Å². The van der Waals surface area contributed by atoms with E-state index in [1.165, 1.54) is 0 Å². The molecule has 2 nitrogen and oxygen atoms in total. The first-order valence-corrected chi connectivity index (χ1v) is 4.28. The molecule has 2 heteroatoms. The molecule has 1 N–H and O–H groups in total. The van der Waals surface area contributed by atoms with Gasteiger partial charge in [0.1, 0.15) is 0 Å². The molecule has 0 saturated heterocycles. The van der Waals surface area contributed by atoms with Crippen LogP contribution in [-0.2, 0) is 0 Å². The Morgan fingerprint density at radius 3 is 2.33 bits per heavy atom. The van der Waals surface area contributed by atoms with Crippen LogP contribution in [0.4, 0.5) is 0 Å². The fraction of sp³-hybridized carbons (Fsp3) is 0.800. The molecule has 0 saturated carbocycles. The maximum atomic E-state index is 3.29. The number of nitrogens with one attached hydrogen (secondary N) is 1. The highest BCUT2D eigenvalue weighted by Crippen LogP contribution is 2.06. The third kappa shape index (κ3) is 4.38. The summed E-state index contributed by atoms with van der Waals surface area (Å²) >= 11 is 0. The van der Waals surface area contributed by atoms with Gasteiger partial charge in [0.2, 0.25) is 0 Å². The summed E-state index contributed by atoms with van der Waals surface area (Å²) in [6, 6.07) is 0. The van der Waals surface area contributed by atoms with Crippen LogP contribution >= 0.6 is 0 Å². The van der Waals surface area contributed by atoms with Gasteiger partial charge in [-0.1, -0.05) is 5.92 Å². The van der Waals surface area contributed by atoms with E-state index in [2.05, 4.69) is 50.0 Å². The minimum absolute atomic E-state index is 0.204. The minimum atomic E-state index is 0.204. The van der Waals surface area contributed by atoms with Gasteiger partial charge in [0.25, 0.3) is 0 Å². The molecule has 70 valence electrons. The van der Waals surface area contributed by atoms with Crippen LogP contribution in [0.2, 0.25) is 0 Å². The maximum absolute atomic E-state index is 3.29. The van der Waals surface area contributed by atoms with Crippen molar-refractivity contribution in [1.29, 1.82) is 0 Å². The van der Waals surface area contributed by atoms with E-state index < -0.39 is 0 Å². The molecule has 0 unspecified atom stereocenters. The summed E-state index contributed by atoms with van der Waals surface area (Å²) in [7, 11) is 4.18. The van der Waals surface area contributed by atoms with E-state index in [-0.39, 0.29) is 5.54 Å². The Hall–Kier alpha value is -0.520. The van der Waals surface area contributed by atoms with E-state index in [0.29, 0.717) is 0 Å². The van der Waals surface area contributed by atoms with Crippen molar-refractivity contribution in [1.82, 2.24) is 10.2 Å². The zero-order valence-electron chi connectivity index (χ0n) is 8.86. The van der Waals surface area contributed by atoms with Gasteiger partial charge in [-0.15, -0.1) is 5.92 Å². The number of likely N-dealkylation sites (N-methyl/N-ethyl adjacent to an activating group) is 1. The molecule has 0 amide bonds. The molecule has 0 atom stereocenters. The lowest BCUT2D eigenvalue weighted by molar-refractivity contribution is 0.192. The largest absolute Gasteiger partial charge is 0.304 e. The first-order valence-electron chi connectivity index (χ1n) is 4.28. The molecule has 0 fully saturated rings. The van der Waals surface area contributed by atoms with E-state index >= 15 is 0 Å². The van der Waals surface area contributed by atoms with E-state index in [0.717, 1.165) is 13.1 Å². The predicted octanol–water partition coefficient (Wildman–Crippen LogP) is 0.940. The van der Waals surface area contributed by atoms with Crippen LogP contribution in [0.5, 0.6) is 0 Å². The second-order valence-corrected chi connectivity index (χ2v) is 3.74. The molecule has 0 aliphatic carbocycles. The highest BCUT2D eigenvalue weighted by Gasteiger charge is 2.18. The minimum Gasteiger partial charge on any atom is -0.304 e. The van der Waals surface area contributed by atoms with Crippen LogP contribution in [0.1, 0.15) is 20.8 Å². The standard InChI is InChI=1S/C10H20N2/c1-6-7-8-11-9-10(2,3)12(4)5/h11H,8-9H2,1-5H3. The second-order valence-electron chi connectivity index (χ2n) is 3.74. The van der Waals surface area contributed by atoms with E-state index in [1.54, 1.807) is 0 Å². The van der Waals surface area contributed by atoms with Crippen molar-refractivity contribution >= 4 is 0 Å². The van der Waals surface area contributed by atoms with Crippen molar-refractivity contribution in [3.63, 3.8) is 0 Å². The van der Waals surface area contributed by atoms with Gasteiger partial charge in [0.05, 0.1) is 6.54 Å². The SMILES string of the molecule is CC#CCNCC(C)(C)N(C)C. The Labute approximate surface area is 76.3 Å². The monoisotopic (exact) mass is 168 g/mol. The van der Waals surface area contributed by atoms with Crippen molar-refractivity contribution < 1.29 is 0 Å². The normalized spacial score (nSPS) is 11.2. The van der Waals surface area contributed by atoms with Crippen molar-refractivity contribution in [3.05, 3.63) is 0 Å². The van der Waals surface area contributed by atoms with Gasteiger partial charge < -0.3 is 10.2 Å². The zero-order valence-corrected chi connectivity index (χ0v) is 8.86. The quantitative estimate of drug-likeness (QED) is 0.496. The van der Waals surface area contributed by atoms with Gasteiger partial charge >= 0.3 is 0 Å². The first kappa shape index (κ1) is 11.5. The topological polar surface area (TPSA) is 15.3 Å². The molecular weight excluding hydrogens is 148 g/mol. The lowest BCUT2D eigenvalue weighted by Gasteiger charge is -2.32. The van der Waals surface area contributed by atoms with Crippen molar-refractivity contribution in [3.8, 4) is 11.8 Å². The molecule has 12 heavy (non-hydrogen) atoms. The summed E-state index contributed by atoms with van der Waals surface area (Å²) in [5.74, 6) is 5.84. The third-order valence-corrected chi connectivity index (χ3v) is 2.16. The van der Waals surface area contributed by atoms with Crippen molar-refractivity contribution in [2.75, 3.05) is 27.2 Å². The van der Waals surface area contributed by atoms with Gasteiger partial charge in [-0.05, 0) is 34.9 Å². The molecule has 0 bridgehead atoms. The van der Waals surface area contributed by atoms with Gasteiger partial charge in [-0.2, -0.15) is 0 Å². The fourth-order valence-electron chi connectivity index (χ4n) is 0.677. The molecule has 0 heterocycles. The summed E-state index contributed by atoms with van der Waals surface area (Å²) in [5.41, 5.74) is 0.204. The maximum Gasteiger partial charge on any atom is 0.0577 e. The number of rotatable bonds is 4. The highest BCUT2D eigenvalue weighted by atomic mass is 15.2. The Bertz CT molecular complexity index is 172. The van der Waals surface area contributed by atoms with Crippen LogP contribution in [0.15, 0.2) is 0 Å². The van der Waals surface area contributed by atoms with Gasteiger partial charge in [-0.25, -0.2) is 0 Å². The average Bonchev–Trinajstić information content (AvgIpc) is 1.98. The van der Waals surface area contributed by atoms with E-state index in [1.807, 2.05) is 6.92 Å². The summed E-state index contributed by atoms with van der Waals surface area (Å²) in [6.45, 7) is 8.03. The number of hydrogen-bond donors (Lipinski definition) is 1. The molecule has 0 aromatic heterocycles. The molecule has 0 aromatic carbocycles. The van der Waals surface area contributed by atoms with Crippen LogP contribution in [-0.4, -0.2) is 37.6 Å². The van der Waals surface area contributed by atoms with Gasteiger partial charge in [0.15, 0.2) is 0 Å². The molecule has 0 aromatic rings. The fourth-order valence-corrected chi connectivity index (χ4v) is 0.677. The van der Waals surface area contributed by atoms with Crippen molar-refractivity contribution in [2.24, 2.45) is 0 Å². The summed E-state index contributed by atoms with van der Waals surface area (Å²) in [4.78, 5) is 2.21.